The van der Waals surface area contributed by atoms with Crippen molar-refractivity contribution in [3.05, 3.63) is 45.5 Å². The summed E-state index contributed by atoms with van der Waals surface area (Å²) in [5, 5.41) is 11.5. The lowest BCUT2D eigenvalue weighted by Crippen LogP contribution is -2.56. The summed E-state index contributed by atoms with van der Waals surface area (Å²) in [5.74, 6) is 0. The van der Waals surface area contributed by atoms with E-state index in [9.17, 15) is 10.1 Å². The zero-order chi connectivity index (χ0) is 14.3. The fourth-order valence-electron chi connectivity index (χ4n) is 3.12. The van der Waals surface area contributed by atoms with Gasteiger partial charge in [-0.15, -0.1) is 0 Å². The van der Waals surface area contributed by atoms with E-state index in [1.165, 1.54) is 5.56 Å². The zero-order valence-corrected chi connectivity index (χ0v) is 11.8. The van der Waals surface area contributed by atoms with Crippen LogP contribution in [0.3, 0.4) is 0 Å². The third-order valence-electron chi connectivity index (χ3n) is 4.06. The Morgan fingerprint density at radius 3 is 3.00 bits per heavy atom. The van der Waals surface area contributed by atoms with Crippen molar-refractivity contribution in [2.24, 2.45) is 0 Å². The normalized spacial score (nSPS) is 21.4. The molecular formula is C14H16ClN3O2. The molecule has 2 bridgehead atoms. The molecule has 1 fully saturated rings. The van der Waals surface area contributed by atoms with Crippen LogP contribution in [0.5, 0.6) is 0 Å². The lowest BCUT2D eigenvalue weighted by Gasteiger charge is -2.46. The fraction of sp³-hybridized carbons (Fsp3) is 0.429. The topological polar surface area (TPSA) is 49.6 Å². The third-order valence-corrected chi connectivity index (χ3v) is 4.17. The molecule has 0 N–H and O–H groups in total. The molecule has 5 nitrogen and oxygen atoms in total. The van der Waals surface area contributed by atoms with Crippen LogP contribution in [0, 0.1) is 10.1 Å². The average Bonchev–Trinajstić information content (AvgIpc) is 2.41. The number of nitro groups is 1. The van der Waals surface area contributed by atoms with Crippen LogP contribution in [0.1, 0.15) is 5.56 Å². The predicted molar refractivity (Wildman–Crippen MR) is 79.4 cm³/mol. The largest absolute Gasteiger partial charge is 0.368 e. The van der Waals surface area contributed by atoms with E-state index in [-0.39, 0.29) is 10.6 Å². The van der Waals surface area contributed by atoms with E-state index < -0.39 is 0 Å². The van der Waals surface area contributed by atoms with Crippen molar-refractivity contribution in [3.8, 4) is 0 Å². The lowest BCUT2D eigenvalue weighted by molar-refractivity contribution is -0.384. The van der Waals surface area contributed by atoms with Gasteiger partial charge in [0.2, 0.25) is 0 Å². The summed E-state index contributed by atoms with van der Waals surface area (Å²) < 4.78 is 0. The standard InChI is InChI=1S/C14H16ClN3O2/c1-10(15)8-16-4-5-17-9-13(16)6-11-2-3-12(18(19)20)7-14(11)17/h2-3,7,13H,1,4-6,8-9H2. The Morgan fingerprint density at radius 2 is 2.30 bits per heavy atom. The molecule has 0 aliphatic carbocycles. The first-order chi connectivity index (χ1) is 9.54. The molecule has 0 amide bonds. The van der Waals surface area contributed by atoms with Crippen molar-refractivity contribution in [2.45, 2.75) is 12.5 Å². The second-order valence-corrected chi connectivity index (χ2v) is 5.90. The second-order valence-electron chi connectivity index (χ2n) is 5.36. The van der Waals surface area contributed by atoms with E-state index in [1.807, 2.05) is 6.07 Å². The number of fused-ring (bicyclic) bond motifs is 4. The molecule has 106 valence electrons. The molecule has 1 unspecified atom stereocenters. The Kier molecular flexibility index (Phi) is 3.40. The Morgan fingerprint density at radius 1 is 1.50 bits per heavy atom. The SMILES string of the molecule is C=C(Cl)CN1CCN2CC1Cc1ccc([N+](=O)[O-])cc12. The van der Waals surface area contributed by atoms with E-state index in [4.69, 9.17) is 11.6 Å². The molecule has 0 spiro atoms. The number of rotatable bonds is 3. The molecule has 0 aromatic heterocycles. The number of hydrogen-bond acceptors (Lipinski definition) is 4. The number of benzene rings is 1. The molecule has 2 heterocycles. The van der Waals surface area contributed by atoms with Crippen LogP contribution in [0.25, 0.3) is 0 Å². The minimum atomic E-state index is -0.333. The number of nitrogens with zero attached hydrogens (tertiary/aromatic N) is 3. The fourth-order valence-corrected chi connectivity index (χ4v) is 3.27. The summed E-state index contributed by atoms with van der Waals surface area (Å²) in [5.41, 5.74) is 2.36. The monoisotopic (exact) mass is 293 g/mol. The van der Waals surface area contributed by atoms with Gasteiger partial charge in [0, 0.05) is 55.1 Å². The maximum Gasteiger partial charge on any atom is 0.271 e. The Labute approximate surface area is 122 Å². The van der Waals surface area contributed by atoms with Crippen LogP contribution >= 0.6 is 11.6 Å². The maximum atomic E-state index is 10.9. The van der Waals surface area contributed by atoms with Gasteiger partial charge in [0.1, 0.15) is 0 Å². The minimum Gasteiger partial charge on any atom is -0.368 e. The molecule has 1 aromatic carbocycles. The van der Waals surface area contributed by atoms with Crippen molar-refractivity contribution in [3.63, 3.8) is 0 Å². The molecule has 1 aromatic rings. The molecule has 0 radical (unpaired) electrons. The number of anilines is 1. The molecular weight excluding hydrogens is 278 g/mol. The summed E-state index contributed by atoms with van der Waals surface area (Å²) in [7, 11) is 0. The van der Waals surface area contributed by atoms with E-state index in [0.29, 0.717) is 17.6 Å². The summed E-state index contributed by atoms with van der Waals surface area (Å²) in [6.45, 7) is 7.16. The summed E-state index contributed by atoms with van der Waals surface area (Å²) in [6, 6.07) is 5.58. The molecule has 2 aliphatic heterocycles. The molecule has 0 saturated carbocycles. The van der Waals surface area contributed by atoms with Crippen molar-refractivity contribution >= 4 is 23.0 Å². The van der Waals surface area contributed by atoms with Gasteiger partial charge in [-0.05, 0) is 12.0 Å². The molecule has 20 heavy (non-hydrogen) atoms. The summed E-state index contributed by atoms with van der Waals surface area (Å²) >= 11 is 5.92. The number of non-ortho nitro benzene ring substituents is 1. The maximum absolute atomic E-state index is 10.9. The van der Waals surface area contributed by atoms with Gasteiger partial charge < -0.3 is 4.90 Å². The number of hydrogen-bond donors (Lipinski definition) is 0. The predicted octanol–water partition coefficient (Wildman–Crippen LogP) is 2.39. The highest BCUT2D eigenvalue weighted by atomic mass is 35.5. The highest BCUT2D eigenvalue weighted by molar-refractivity contribution is 6.29. The van der Waals surface area contributed by atoms with Gasteiger partial charge in [-0.1, -0.05) is 24.2 Å². The average molecular weight is 294 g/mol. The van der Waals surface area contributed by atoms with Crippen LogP contribution in [0.15, 0.2) is 29.8 Å². The first kappa shape index (κ1) is 13.4. The first-order valence-corrected chi connectivity index (χ1v) is 7.02. The molecule has 2 aliphatic rings. The van der Waals surface area contributed by atoms with Gasteiger partial charge in [-0.3, -0.25) is 15.0 Å². The van der Waals surface area contributed by atoms with Crippen LogP contribution in [0.4, 0.5) is 11.4 Å². The number of nitro benzene ring substituents is 1. The first-order valence-electron chi connectivity index (χ1n) is 6.64. The second kappa shape index (κ2) is 5.07. The van der Waals surface area contributed by atoms with E-state index in [2.05, 4.69) is 16.4 Å². The van der Waals surface area contributed by atoms with Crippen molar-refractivity contribution in [1.29, 1.82) is 0 Å². The lowest BCUT2D eigenvalue weighted by atomic mass is 9.94. The van der Waals surface area contributed by atoms with Gasteiger partial charge in [0.05, 0.1) is 4.92 Å². The van der Waals surface area contributed by atoms with Crippen molar-refractivity contribution in [2.75, 3.05) is 31.1 Å². The molecule has 1 saturated heterocycles. The minimum absolute atomic E-state index is 0.166. The number of piperazine rings is 1. The van der Waals surface area contributed by atoms with Crippen LogP contribution < -0.4 is 4.90 Å². The van der Waals surface area contributed by atoms with Gasteiger partial charge >= 0.3 is 0 Å². The van der Waals surface area contributed by atoms with E-state index >= 15 is 0 Å². The van der Waals surface area contributed by atoms with Crippen molar-refractivity contribution in [1.82, 2.24) is 4.90 Å². The van der Waals surface area contributed by atoms with Gasteiger partial charge in [0.15, 0.2) is 0 Å². The molecule has 1 atom stereocenters. The molecule has 6 heteroatoms. The van der Waals surface area contributed by atoms with E-state index in [1.54, 1.807) is 12.1 Å². The van der Waals surface area contributed by atoms with Crippen LogP contribution in [-0.2, 0) is 6.42 Å². The molecule has 3 rings (SSSR count). The highest BCUT2D eigenvalue weighted by Gasteiger charge is 2.33. The third kappa shape index (κ3) is 2.39. The van der Waals surface area contributed by atoms with Gasteiger partial charge in [-0.2, -0.15) is 0 Å². The summed E-state index contributed by atoms with van der Waals surface area (Å²) in [6.07, 6.45) is 0.911. The van der Waals surface area contributed by atoms with Crippen LogP contribution in [-0.4, -0.2) is 42.0 Å². The van der Waals surface area contributed by atoms with Gasteiger partial charge in [0.25, 0.3) is 5.69 Å². The highest BCUT2D eigenvalue weighted by Crippen LogP contribution is 2.34. The quantitative estimate of drug-likeness (QED) is 0.634. The smallest absolute Gasteiger partial charge is 0.271 e. The van der Waals surface area contributed by atoms with E-state index in [0.717, 1.165) is 31.7 Å². The number of halogens is 1. The Balaban J connectivity index is 1.88. The van der Waals surface area contributed by atoms with Crippen molar-refractivity contribution < 1.29 is 4.92 Å². The Bertz CT molecular complexity index is 576. The Hall–Kier alpha value is -1.59. The zero-order valence-electron chi connectivity index (χ0n) is 11.1. The van der Waals surface area contributed by atoms with Crippen LogP contribution in [0.2, 0.25) is 0 Å². The van der Waals surface area contributed by atoms with Gasteiger partial charge in [-0.25, -0.2) is 0 Å². The summed E-state index contributed by atoms with van der Waals surface area (Å²) in [4.78, 5) is 15.1.